The zero-order chi connectivity index (χ0) is 12.4. The number of rotatable bonds is 2. The van der Waals surface area contributed by atoms with Gasteiger partial charge in [-0.2, -0.15) is 0 Å². The zero-order valence-corrected chi connectivity index (χ0v) is 10.8. The van der Waals surface area contributed by atoms with E-state index in [1.807, 2.05) is 48.5 Å². The summed E-state index contributed by atoms with van der Waals surface area (Å²) in [6.45, 7) is 0. The summed E-state index contributed by atoms with van der Waals surface area (Å²) in [4.78, 5) is 0. The standard InChI is InChI=1S/C13H8BrN3O/c14-9-5-7-10(8-6-9)15-16-13-11-3-1-2-4-12(11)17-18-13/h1-8H. The van der Waals surface area contributed by atoms with Crippen molar-refractivity contribution in [2.75, 3.05) is 0 Å². The minimum Gasteiger partial charge on any atom is -0.334 e. The van der Waals surface area contributed by atoms with Crippen molar-refractivity contribution in [3.05, 3.63) is 53.0 Å². The van der Waals surface area contributed by atoms with Gasteiger partial charge in [0.05, 0.1) is 11.1 Å². The molecule has 0 aliphatic carbocycles. The lowest BCUT2D eigenvalue weighted by atomic mass is 10.2. The minimum atomic E-state index is 0.425. The summed E-state index contributed by atoms with van der Waals surface area (Å²) < 4.78 is 6.15. The van der Waals surface area contributed by atoms with Gasteiger partial charge in [0.2, 0.25) is 0 Å². The Morgan fingerprint density at radius 2 is 1.72 bits per heavy atom. The molecule has 0 fully saturated rings. The monoisotopic (exact) mass is 301 g/mol. The number of fused-ring (bicyclic) bond motifs is 1. The maximum Gasteiger partial charge on any atom is 0.277 e. The van der Waals surface area contributed by atoms with Crippen LogP contribution in [-0.2, 0) is 0 Å². The van der Waals surface area contributed by atoms with Gasteiger partial charge in [-0.1, -0.05) is 33.2 Å². The van der Waals surface area contributed by atoms with Crippen LogP contribution < -0.4 is 0 Å². The molecule has 0 saturated heterocycles. The second-order valence-corrected chi connectivity index (χ2v) is 4.60. The molecular formula is C13H8BrN3O. The molecule has 1 heterocycles. The van der Waals surface area contributed by atoms with Crippen LogP contribution in [0.5, 0.6) is 0 Å². The largest absolute Gasteiger partial charge is 0.334 e. The Morgan fingerprint density at radius 3 is 2.56 bits per heavy atom. The fourth-order valence-corrected chi connectivity index (χ4v) is 1.82. The van der Waals surface area contributed by atoms with Crippen molar-refractivity contribution < 1.29 is 4.52 Å². The van der Waals surface area contributed by atoms with Crippen molar-refractivity contribution in [3.63, 3.8) is 0 Å². The molecule has 0 amide bonds. The molecule has 0 N–H and O–H groups in total. The quantitative estimate of drug-likeness (QED) is 0.625. The van der Waals surface area contributed by atoms with E-state index in [1.165, 1.54) is 0 Å². The van der Waals surface area contributed by atoms with E-state index in [1.54, 1.807) is 0 Å². The minimum absolute atomic E-state index is 0.425. The third kappa shape index (κ3) is 2.17. The first-order chi connectivity index (χ1) is 8.83. The lowest BCUT2D eigenvalue weighted by Crippen LogP contribution is -1.65. The summed E-state index contributed by atoms with van der Waals surface area (Å²) >= 11 is 3.37. The Kier molecular flexibility index (Phi) is 2.90. The van der Waals surface area contributed by atoms with Gasteiger partial charge < -0.3 is 4.52 Å². The van der Waals surface area contributed by atoms with E-state index in [9.17, 15) is 0 Å². The highest BCUT2D eigenvalue weighted by atomic mass is 79.9. The van der Waals surface area contributed by atoms with E-state index in [0.717, 1.165) is 21.1 Å². The fraction of sp³-hybridized carbons (Fsp3) is 0. The van der Waals surface area contributed by atoms with Crippen molar-refractivity contribution >= 4 is 38.4 Å². The lowest BCUT2D eigenvalue weighted by Gasteiger charge is -1.91. The Labute approximate surface area is 111 Å². The predicted octanol–water partition coefficient (Wildman–Crippen LogP) is 5.01. The normalized spacial score (nSPS) is 11.4. The molecule has 5 heteroatoms. The third-order valence-electron chi connectivity index (χ3n) is 2.45. The highest BCUT2D eigenvalue weighted by molar-refractivity contribution is 9.10. The highest BCUT2D eigenvalue weighted by Crippen LogP contribution is 2.27. The smallest absolute Gasteiger partial charge is 0.277 e. The second kappa shape index (κ2) is 4.70. The number of hydrogen-bond acceptors (Lipinski definition) is 4. The first-order valence-corrected chi connectivity index (χ1v) is 6.14. The topological polar surface area (TPSA) is 50.8 Å². The number of azo groups is 1. The third-order valence-corrected chi connectivity index (χ3v) is 2.98. The van der Waals surface area contributed by atoms with Crippen molar-refractivity contribution in [1.29, 1.82) is 0 Å². The molecular weight excluding hydrogens is 294 g/mol. The molecule has 3 aromatic rings. The molecule has 0 aliphatic rings. The first kappa shape index (κ1) is 11.1. The van der Waals surface area contributed by atoms with Gasteiger partial charge in [-0.3, -0.25) is 0 Å². The van der Waals surface area contributed by atoms with E-state index < -0.39 is 0 Å². The molecule has 0 atom stereocenters. The van der Waals surface area contributed by atoms with E-state index in [4.69, 9.17) is 4.52 Å². The molecule has 0 bridgehead atoms. The summed E-state index contributed by atoms with van der Waals surface area (Å²) in [6.07, 6.45) is 0. The Hall–Kier alpha value is -2.01. The molecule has 18 heavy (non-hydrogen) atoms. The molecule has 0 aliphatic heterocycles. The van der Waals surface area contributed by atoms with Gasteiger partial charge in [-0.15, -0.1) is 10.2 Å². The average molecular weight is 302 g/mol. The zero-order valence-electron chi connectivity index (χ0n) is 9.25. The number of benzene rings is 2. The number of hydrogen-bond donors (Lipinski definition) is 0. The summed E-state index contributed by atoms with van der Waals surface area (Å²) in [6, 6.07) is 15.1. The van der Waals surface area contributed by atoms with E-state index in [2.05, 4.69) is 31.3 Å². The fourth-order valence-electron chi connectivity index (χ4n) is 1.56. The predicted molar refractivity (Wildman–Crippen MR) is 72.3 cm³/mol. The summed E-state index contributed by atoms with van der Waals surface area (Å²) in [5, 5.41) is 13.0. The number of halogens is 1. The van der Waals surface area contributed by atoms with Crippen LogP contribution in [0.4, 0.5) is 11.6 Å². The number of aromatic nitrogens is 1. The van der Waals surface area contributed by atoms with E-state index >= 15 is 0 Å². The van der Waals surface area contributed by atoms with Gasteiger partial charge >= 0.3 is 0 Å². The van der Waals surface area contributed by atoms with Crippen LogP contribution in [0.15, 0.2) is 67.8 Å². The molecule has 2 aromatic carbocycles. The van der Waals surface area contributed by atoms with Crippen LogP contribution in [0.3, 0.4) is 0 Å². The maximum atomic E-state index is 5.14. The molecule has 4 nitrogen and oxygen atoms in total. The Balaban J connectivity index is 1.94. The first-order valence-electron chi connectivity index (χ1n) is 5.35. The van der Waals surface area contributed by atoms with Crippen molar-refractivity contribution in [2.24, 2.45) is 10.2 Å². The van der Waals surface area contributed by atoms with Gasteiger partial charge in [0, 0.05) is 4.47 Å². The van der Waals surface area contributed by atoms with Crippen LogP contribution in [-0.4, -0.2) is 5.16 Å². The van der Waals surface area contributed by atoms with Crippen molar-refractivity contribution in [3.8, 4) is 0 Å². The average Bonchev–Trinajstić information content (AvgIpc) is 2.82. The van der Waals surface area contributed by atoms with E-state index in [-0.39, 0.29) is 0 Å². The van der Waals surface area contributed by atoms with Gasteiger partial charge in [-0.25, -0.2) is 0 Å². The maximum absolute atomic E-state index is 5.14. The molecule has 3 rings (SSSR count). The summed E-state index contributed by atoms with van der Waals surface area (Å²) in [5.41, 5.74) is 1.54. The molecule has 0 saturated carbocycles. The van der Waals surface area contributed by atoms with Crippen molar-refractivity contribution in [2.45, 2.75) is 0 Å². The second-order valence-electron chi connectivity index (χ2n) is 3.68. The summed E-state index contributed by atoms with van der Waals surface area (Å²) in [5.74, 6) is 0.425. The van der Waals surface area contributed by atoms with Crippen LogP contribution in [0.1, 0.15) is 0 Å². The van der Waals surface area contributed by atoms with Gasteiger partial charge in [-0.05, 0) is 36.4 Å². The van der Waals surface area contributed by atoms with Crippen LogP contribution in [0.25, 0.3) is 10.9 Å². The highest BCUT2D eigenvalue weighted by Gasteiger charge is 2.05. The lowest BCUT2D eigenvalue weighted by molar-refractivity contribution is 0.436. The van der Waals surface area contributed by atoms with Gasteiger partial charge in [0.25, 0.3) is 5.88 Å². The van der Waals surface area contributed by atoms with Crippen molar-refractivity contribution in [1.82, 2.24) is 5.16 Å². The number of nitrogens with zero attached hydrogens (tertiary/aromatic N) is 3. The van der Waals surface area contributed by atoms with Crippen LogP contribution >= 0.6 is 15.9 Å². The SMILES string of the molecule is Brc1ccc(N=Nc2onc3ccccc23)cc1. The molecule has 1 aromatic heterocycles. The van der Waals surface area contributed by atoms with Crippen LogP contribution in [0, 0.1) is 0 Å². The van der Waals surface area contributed by atoms with E-state index in [0.29, 0.717) is 5.88 Å². The summed E-state index contributed by atoms with van der Waals surface area (Å²) in [7, 11) is 0. The Bertz CT molecular complexity index is 704. The Morgan fingerprint density at radius 1 is 0.944 bits per heavy atom. The van der Waals surface area contributed by atoms with Gasteiger partial charge in [0.1, 0.15) is 5.52 Å². The molecule has 0 spiro atoms. The van der Waals surface area contributed by atoms with Gasteiger partial charge in [0.15, 0.2) is 0 Å². The molecule has 0 unspecified atom stereocenters. The molecule has 0 radical (unpaired) electrons. The van der Waals surface area contributed by atoms with Crippen LogP contribution in [0.2, 0.25) is 0 Å². The molecule has 88 valence electrons.